The fraction of sp³-hybridized carbons (Fsp3) is 0.385. The average Bonchev–Trinajstić information content (AvgIpc) is 2.40. The van der Waals surface area contributed by atoms with Crippen LogP contribution in [0.3, 0.4) is 0 Å². The van der Waals surface area contributed by atoms with Gasteiger partial charge in [0.05, 0.1) is 5.75 Å². The third-order valence-corrected chi connectivity index (χ3v) is 4.45. The predicted octanol–water partition coefficient (Wildman–Crippen LogP) is 1.55. The highest BCUT2D eigenvalue weighted by atomic mass is 79.9. The number of hydrogen-bond donors (Lipinski definition) is 2. The lowest BCUT2D eigenvalue weighted by atomic mass is 10.2. The minimum Gasteiger partial charge on any atom is -0.480 e. The van der Waals surface area contributed by atoms with Crippen molar-refractivity contribution in [3.8, 4) is 0 Å². The van der Waals surface area contributed by atoms with Crippen molar-refractivity contribution >= 4 is 39.6 Å². The molecule has 20 heavy (non-hydrogen) atoms. The van der Waals surface area contributed by atoms with E-state index in [1.165, 1.54) is 11.8 Å². The van der Waals surface area contributed by atoms with Gasteiger partial charge in [0.1, 0.15) is 6.04 Å². The van der Waals surface area contributed by atoms with Gasteiger partial charge in [-0.25, -0.2) is 0 Å². The van der Waals surface area contributed by atoms with Gasteiger partial charge < -0.3 is 15.7 Å². The lowest BCUT2D eigenvalue weighted by Gasteiger charge is -2.18. The van der Waals surface area contributed by atoms with E-state index >= 15 is 0 Å². The Morgan fingerprint density at radius 3 is 2.70 bits per heavy atom. The molecule has 0 saturated heterocycles. The molecule has 110 valence electrons. The Morgan fingerprint density at radius 1 is 1.45 bits per heavy atom. The Bertz CT molecular complexity index is 484. The molecule has 0 aliphatic heterocycles. The largest absolute Gasteiger partial charge is 0.480 e. The number of hydrogen-bond acceptors (Lipinski definition) is 4. The summed E-state index contributed by atoms with van der Waals surface area (Å²) in [5.41, 5.74) is 6.39. The van der Waals surface area contributed by atoms with E-state index in [1.807, 2.05) is 24.3 Å². The first-order valence-electron chi connectivity index (χ1n) is 5.95. The van der Waals surface area contributed by atoms with Crippen molar-refractivity contribution in [1.82, 2.24) is 4.90 Å². The Labute approximate surface area is 130 Å². The maximum atomic E-state index is 11.9. The lowest BCUT2D eigenvalue weighted by molar-refractivity contribution is -0.138. The van der Waals surface area contributed by atoms with Gasteiger partial charge in [-0.1, -0.05) is 34.1 Å². The van der Waals surface area contributed by atoms with Gasteiger partial charge in [0, 0.05) is 23.8 Å². The highest BCUT2D eigenvalue weighted by molar-refractivity contribution is 9.10. The standard InChI is InChI=1S/C13H17BrN2O3S/c1-16(6-9-4-2-3-5-10(9)14)12(17)8-20-7-11(15)13(18)19/h2-5,11H,6-8,15H2,1H3,(H,18,19)/t11-/m1/s1. The van der Waals surface area contributed by atoms with Crippen molar-refractivity contribution in [1.29, 1.82) is 0 Å². The molecular weight excluding hydrogens is 344 g/mol. The van der Waals surface area contributed by atoms with Crippen LogP contribution in [-0.4, -0.2) is 46.5 Å². The zero-order valence-corrected chi connectivity index (χ0v) is 13.5. The lowest BCUT2D eigenvalue weighted by Crippen LogP contribution is -2.34. The van der Waals surface area contributed by atoms with E-state index < -0.39 is 12.0 Å². The second-order valence-electron chi connectivity index (χ2n) is 4.30. The zero-order valence-electron chi connectivity index (χ0n) is 11.1. The SMILES string of the molecule is CN(Cc1ccccc1Br)C(=O)CSC[C@@H](N)C(=O)O. The number of carboxylic acids is 1. The Balaban J connectivity index is 2.40. The van der Waals surface area contributed by atoms with Crippen LogP contribution in [0.25, 0.3) is 0 Å². The van der Waals surface area contributed by atoms with Gasteiger partial charge >= 0.3 is 5.97 Å². The number of thioether (sulfide) groups is 1. The number of benzene rings is 1. The van der Waals surface area contributed by atoms with Gasteiger partial charge in [-0.15, -0.1) is 11.8 Å². The van der Waals surface area contributed by atoms with E-state index in [2.05, 4.69) is 15.9 Å². The van der Waals surface area contributed by atoms with E-state index in [-0.39, 0.29) is 17.4 Å². The second kappa shape index (κ2) is 8.28. The molecule has 0 aliphatic carbocycles. The second-order valence-corrected chi connectivity index (χ2v) is 6.19. The molecule has 0 heterocycles. The molecule has 3 N–H and O–H groups in total. The van der Waals surface area contributed by atoms with Gasteiger partial charge in [-0.2, -0.15) is 0 Å². The summed E-state index contributed by atoms with van der Waals surface area (Å²) in [6.45, 7) is 0.506. The maximum absolute atomic E-state index is 11.9. The number of aliphatic carboxylic acids is 1. The minimum absolute atomic E-state index is 0.0525. The van der Waals surface area contributed by atoms with Crippen LogP contribution in [-0.2, 0) is 16.1 Å². The summed E-state index contributed by atoms with van der Waals surface area (Å²) in [6, 6.07) is 6.77. The summed E-state index contributed by atoms with van der Waals surface area (Å²) in [5, 5.41) is 8.64. The Kier molecular flexibility index (Phi) is 7.04. The summed E-state index contributed by atoms with van der Waals surface area (Å²) in [6.07, 6.45) is 0. The number of nitrogens with two attached hydrogens (primary N) is 1. The molecule has 0 bridgehead atoms. The Hall–Kier alpha value is -1.05. The first-order chi connectivity index (χ1) is 9.41. The molecule has 0 spiro atoms. The van der Waals surface area contributed by atoms with Crippen molar-refractivity contribution in [2.24, 2.45) is 5.73 Å². The molecule has 0 unspecified atom stereocenters. The molecule has 1 rings (SSSR count). The highest BCUT2D eigenvalue weighted by Crippen LogP contribution is 2.17. The van der Waals surface area contributed by atoms with Gasteiger partial charge in [0.15, 0.2) is 0 Å². The molecule has 7 heteroatoms. The molecule has 1 aromatic rings. The van der Waals surface area contributed by atoms with Crippen LogP contribution in [0, 0.1) is 0 Å². The molecule has 1 amide bonds. The predicted molar refractivity (Wildman–Crippen MR) is 83.6 cm³/mol. The van der Waals surface area contributed by atoms with Crippen molar-refractivity contribution in [3.63, 3.8) is 0 Å². The Morgan fingerprint density at radius 2 is 2.10 bits per heavy atom. The first kappa shape index (κ1) is 17.0. The van der Waals surface area contributed by atoms with E-state index in [0.29, 0.717) is 6.54 Å². The normalized spacial score (nSPS) is 11.9. The first-order valence-corrected chi connectivity index (χ1v) is 7.90. The summed E-state index contributed by atoms with van der Waals surface area (Å²) in [4.78, 5) is 24.1. The van der Waals surface area contributed by atoms with Crippen molar-refractivity contribution < 1.29 is 14.7 Å². The number of rotatable bonds is 7. The van der Waals surface area contributed by atoms with Gasteiger partial charge in [0.25, 0.3) is 0 Å². The number of carboxylic acid groups (broad SMARTS) is 1. The third-order valence-electron chi connectivity index (χ3n) is 2.63. The van der Waals surface area contributed by atoms with Crippen molar-refractivity contribution in [3.05, 3.63) is 34.3 Å². The number of carbonyl (C=O) groups is 2. The molecule has 0 radical (unpaired) electrons. The summed E-state index contributed by atoms with van der Waals surface area (Å²) in [7, 11) is 1.72. The molecule has 0 saturated carbocycles. The smallest absolute Gasteiger partial charge is 0.321 e. The maximum Gasteiger partial charge on any atom is 0.321 e. The van der Waals surface area contributed by atoms with Crippen LogP contribution < -0.4 is 5.73 Å². The molecular formula is C13H17BrN2O3S. The van der Waals surface area contributed by atoms with E-state index in [4.69, 9.17) is 10.8 Å². The summed E-state index contributed by atoms with van der Waals surface area (Å²) < 4.78 is 0.959. The molecule has 0 fully saturated rings. The van der Waals surface area contributed by atoms with Crippen LogP contribution >= 0.6 is 27.7 Å². The minimum atomic E-state index is -1.05. The average molecular weight is 361 g/mol. The topological polar surface area (TPSA) is 83.6 Å². The van der Waals surface area contributed by atoms with Crippen LogP contribution in [0.4, 0.5) is 0 Å². The molecule has 0 aromatic heterocycles. The van der Waals surface area contributed by atoms with E-state index in [0.717, 1.165) is 10.0 Å². The number of carbonyl (C=O) groups excluding carboxylic acids is 1. The summed E-state index contributed by atoms with van der Waals surface area (Å²) >= 11 is 4.67. The quantitative estimate of drug-likeness (QED) is 0.770. The number of amides is 1. The molecule has 0 aliphatic rings. The van der Waals surface area contributed by atoms with Crippen molar-refractivity contribution in [2.75, 3.05) is 18.6 Å². The van der Waals surface area contributed by atoms with Gasteiger partial charge in [-0.05, 0) is 11.6 Å². The van der Waals surface area contributed by atoms with Crippen LogP contribution in [0.1, 0.15) is 5.56 Å². The third kappa shape index (κ3) is 5.52. The zero-order chi connectivity index (χ0) is 15.1. The monoisotopic (exact) mass is 360 g/mol. The van der Waals surface area contributed by atoms with E-state index in [9.17, 15) is 9.59 Å². The van der Waals surface area contributed by atoms with Gasteiger partial charge in [-0.3, -0.25) is 9.59 Å². The van der Waals surface area contributed by atoms with Crippen molar-refractivity contribution in [2.45, 2.75) is 12.6 Å². The number of nitrogens with zero attached hydrogens (tertiary/aromatic N) is 1. The fourth-order valence-corrected chi connectivity index (χ4v) is 2.74. The highest BCUT2D eigenvalue weighted by Gasteiger charge is 2.14. The van der Waals surface area contributed by atoms with Crippen LogP contribution in [0.15, 0.2) is 28.7 Å². The molecule has 1 aromatic carbocycles. The van der Waals surface area contributed by atoms with Crippen LogP contribution in [0.5, 0.6) is 0 Å². The molecule has 1 atom stereocenters. The fourth-order valence-electron chi connectivity index (χ4n) is 1.43. The number of halogens is 1. The van der Waals surface area contributed by atoms with Crippen LogP contribution in [0.2, 0.25) is 0 Å². The van der Waals surface area contributed by atoms with Gasteiger partial charge in [0.2, 0.25) is 5.91 Å². The molecule has 5 nitrogen and oxygen atoms in total. The summed E-state index contributed by atoms with van der Waals surface area (Å²) in [5.74, 6) is -0.652. The van der Waals surface area contributed by atoms with E-state index in [1.54, 1.807) is 11.9 Å².